The number of rotatable bonds is 4. The van der Waals surface area contributed by atoms with Crippen molar-refractivity contribution in [2.45, 2.75) is 0 Å². The Balaban J connectivity index is 1.27. The number of benzene rings is 8. The fourth-order valence-corrected chi connectivity index (χ4v) is 9.50. The van der Waals surface area contributed by atoms with E-state index in [1.54, 1.807) is 0 Å². The van der Waals surface area contributed by atoms with Crippen LogP contribution in [0.3, 0.4) is 0 Å². The van der Waals surface area contributed by atoms with Crippen molar-refractivity contribution in [3.8, 4) is 33.6 Å². The Morgan fingerprint density at radius 3 is 1.80 bits per heavy atom. The summed E-state index contributed by atoms with van der Waals surface area (Å²) in [5.41, 5.74) is 12.2. The number of para-hydroxylation sites is 3. The summed E-state index contributed by atoms with van der Waals surface area (Å²) in [4.78, 5) is 0. The summed E-state index contributed by atoms with van der Waals surface area (Å²) in [5.74, 6) is 0. The van der Waals surface area contributed by atoms with Crippen molar-refractivity contribution in [3.05, 3.63) is 182 Å². The third kappa shape index (κ3) is 4.22. The minimum Gasteiger partial charge on any atom is -0.309 e. The predicted octanol–water partition coefficient (Wildman–Crippen LogP) is 13.6. The molecule has 11 rings (SSSR count). The maximum Gasteiger partial charge on any atom is 0.0726 e. The first-order valence-corrected chi connectivity index (χ1v) is 18.3. The minimum absolute atomic E-state index is 1.17. The van der Waals surface area contributed by atoms with Gasteiger partial charge < -0.3 is 9.13 Å². The molecule has 0 radical (unpaired) electrons. The van der Waals surface area contributed by atoms with Crippen LogP contribution in [0.15, 0.2) is 182 Å². The van der Waals surface area contributed by atoms with E-state index in [1.807, 2.05) is 11.3 Å². The molecular formula is C48H30N2S. The second-order valence-electron chi connectivity index (χ2n) is 13.3. The van der Waals surface area contributed by atoms with Gasteiger partial charge in [-0.05, 0) is 82.9 Å². The van der Waals surface area contributed by atoms with E-state index in [1.165, 1.54) is 97.4 Å². The minimum atomic E-state index is 1.17. The normalized spacial score (nSPS) is 11.9. The van der Waals surface area contributed by atoms with Crippen LogP contribution in [0.4, 0.5) is 0 Å². The highest BCUT2D eigenvalue weighted by molar-refractivity contribution is 7.26. The van der Waals surface area contributed by atoms with Gasteiger partial charge in [-0.25, -0.2) is 0 Å². The average molecular weight is 667 g/mol. The van der Waals surface area contributed by atoms with Crippen LogP contribution in [0.25, 0.3) is 97.4 Å². The Kier molecular flexibility index (Phi) is 6.16. The van der Waals surface area contributed by atoms with E-state index < -0.39 is 0 Å². The lowest BCUT2D eigenvalue weighted by atomic mass is 9.95. The first-order valence-electron chi connectivity index (χ1n) is 17.4. The van der Waals surface area contributed by atoms with E-state index in [2.05, 4.69) is 191 Å². The third-order valence-electron chi connectivity index (χ3n) is 10.5. The van der Waals surface area contributed by atoms with Crippen LogP contribution >= 0.6 is 11.3 Å². The lowest BCUT2D eigenvalue weighted by Crippen LogP contribution is -1.95. The Bertz CT molecular complexity index is 3130. The summed E-state index contributed by atoms with van der Waals surface area (Å²) in [5, 5.41) is 7.68. The SMILES string of the molecule is c1ccc(-c2cccc(-n3c4ccccc4c4c(-c5ccc6c(c5)c5ccccc5n6-c5ccccc5)cc5c6ccccc6sc5c43)c2)cc1. The average Bonchev–Trinajstić information content (AvgIpc) is 3.86. The van der Waals surface area contributed by atoms with E-state index in [0.717, 1.165) is 0 Å². The molecule has 0 saturated heterocycles. The summed E-state index contributed by atoms with van der Waals surface area (Å²) in [6.07, 6.45) is 0. The Hall–Kier alpha value is -6.42. The van der Waals surface area contributed by atoms with Gasteiger partial charge in [0.1, 0.15) is 0 Å². The molecule has 3 heteroatoms. The molecule has 3 heterocycles. The summed E-state index contributed by atoms with van der Waals surface area (Å²) in [7, 11) is 0. The van der Waals surface area contributed by atoms with E-state index in [-0.39, 0.29) is 0 Å². The van der Waals surface area contributed by atoms with Crippen molar-refractivity contribution in [3.63, 3.8) is 0 Å². The van der Waals surface area contributed by atoms with Crippen molar-refractivity contribution in [2.75, 3.05) is 0 Å². The van der Waals surface area contributed by atoms with Gasteiger partial charge in [-0.1, -0.05) is 121 Å². The van der Waals surface area contributed by atoms with Gasteiger partial charge in [0.25, 0.3) is 0 Å². The smallest absolute Gasteiger partial charge is 0.0726 e. The summed E-state index contributed by atoms with van der Waals surface area (Å²) < 4.78 is 7.53. The molecule has 8 aromatic carbocycles. The van der Waals surface area contributed by atoms with E-state index in [9.17, 15) is 0 Å². The predicted molar refractivity (Wildman–Crippen MR) is 219 cm³/mol. The molecule has 0 aliphatic rings. The van der Waals surface area contributed by atoms with Crippen LogP contribution in [0, 0.1) is 0 Å². The molecule has 51 heavy (non-hydrogen) atoms. The molecule has 0 bridgehead atoms. The van der Waals surface area contributed by atoms with Crippen LogP contribution < -0.4 is 0 Å². The molecule has 0 atom stereocenters. The second-order valence-corrected chi connectivity index (χ2v) is 14.4. The zero-order chi connectivity index (χ0) is 33.5. The molecule has 0 aliphatic carbocycles. The van der Waals surface area contributed by atoms with Crippen LogP contribution in [0.1, 0.15) is 0 Å². The highest BCUT2D eigenvalue weighted by atomic mass is 32.1. The Labute approximate surface area is 298 Å². The molecule has 0 unspecified atom stereocenters. The van der Waals surface area contributed by atoms with Gasteiger partial charge in [-0.15, -0.1) is 11.3 Å². The molecule has 3 aromatic heterocycles. The van der Waals surface area contributed by atoms with Gasteiger partial charge >= 0.3 is 0 Å². The molecule has 0 fully saturated rings. The number of thiophene rings is 1. The van der Waals surface area contributed by atoms with Crippen molar-refractivity contribution < 1.29 is 0 Å². The van der Waals surface area contributed by atoms with Crippen molar-refractivity contribution >= 4 is 75.1 Å². The van der Waals surface area contributed by atoms with E-state index >= 15 is 0 Å². The maximum atomic E-state index is 2.51. The van der Waals surface area contributed by atoms with E-state index in [4.69, 9.17) is 0 Å². The van der Waals surface area contributed by atoms with Crippen molar-refractivity contribution in [2.24, 2.45) is 0 Å². The summed E-state index contributed by atoms with van der Waals surface area (Å²) in [6, 6.07) is 66.6. The number of hydrogen-bond donors (Lipinski definition) is 0. The van der Waals surface area contributed by atoms with Crippen molar-refractivity contribution in [1.29, 1.82) is 0 Å². The molecular weight excluding hydrogens is 637 g/mol. The number of hydrogen-bond acceptors (Lipinski definition) is 1. The monoisotopic (exact) mass is 666 g/mol. The first kappa shape index (κ1) is 28.4. The highest BCUT2D eigenvalue weighted by Gasteiger charge is 2.23. The van der Waals surface area contributed by atoms with E-state index in [0.29, 0.717) is 0 Å². The zero-order valence-corrected chi connectivity index (χ0v) is 28.4. The number of nitrogens with zero attached hydrogens (tertiary/aromatic N) is 2. The highest BCUT2D eigenvalue weighted by Crippen LogP contribution is 2.48. The van der Waals surface area contributed by atoms with Crippen LogP contribution in [0.5, 0.6) is 0 Å². The lowest BCUT2D eigenvalue weighted by Gasteiger charge is -2.12. The van der Waals surface area contributed by atoms with Gasteiger partial charge in [0.05, 0.1) is 26.8 Å². The Morgan fingerprint density at radius 2 is 0.980 bits per heavy atom. The van der Waals surface area contributed by atoms with Gasteiger partial charge in [-0.2, -0.15) is 0 Å². The van der Waals surface area contributed by atoms with Crippen LogP contribution in [-0.2, 0) is 0 Å². The van der Waals surface area contributed by atoms with Crippen LogP contribution in [0.2, 0.25) is 0 Å². The van der Waals surface area contributed by atoms with Crippen LogP contribution in [-0.4, -0.2) is 9.13 Å². The maximum absolute atomic E-state index is 2.51. The molecule has 0 amide bonds. The zero-order valence-electron chi connectivity index (χ0n) is 27.6. The molecule has 238 valence electrons. The van der Waals surface area contributed by atoms with Gasteiger partial charge in [0.2, 0.25) is 0 Å². The van der Waals surface area contributed by atoms with Gasteiger partial charge in [0.15, 0.2) is 0 Å². The second kappa shape index (κ2) is 11.0. The third-order valence-corrected chi connectivity index (χ3v) is 11.7. The number of fused-ring (bicyclic) bond motifs is 10. The quantitative estimate of drug-likeness (QED) is 0.177. The van der Waals surface area contributed by atoms with Crippen molar-refractivity contribution in [1.82, 2.24) is 9.13 Å². The molecule has 0 aliphatic heterocycles. The van der Waals surface area contributed by atoms with Gasteiger partial charge in [-0.3, -0.25) is 0 Å². The molecule has 2 nitrogen and oxygen atoms in total. The number of aromatic nitrogens is 2. The summed E-state index contributed by atoms with van der Waals surface area (Å²) >= 11 is 1.90. The fraction of sp³-hybridized carbons (Fsp3) is 0. The first-order chi connectivity index (χ1) is 25.3. The summed E-state index contributed by atoms with van der Waals surface area (Å²) in [6.45, 7) is 0. The Morgan fingerprint density at radius 1 is 0.353 bits per heavy atom. The van der Waals surface area contributed by atoms with Gasteiger partial charge in [0, 0.05) is 48.4 Å². The lowest BCUT2D eigenvalue weighted by molar-refractivity contribution is 1.18. The molecule has 0 spiro atoms. The standard InChI is InChI=1S/C48H30N2S/c1-3-14-31(15-4-1)32-16-13-19-35(28-32)50-43-24-11-8-22-38(43)46-39(30-41-37-21-9-12-25-45(37)51-48(41)47(46)50)33-26-27-44-40(29-33)36-20-7-10-23-42(36)49(44)34-17-5-2-6-18-34/h1-30H. The molecule has 0 N–H and O–H groups in total. The molecule has 0 saturated carbocycles. The largest absolute Gasteiger partial charge is 0.309 e. The fourth-order valence-electron chi connectivity index (χ4n) is 8.28. The topological polar surface area (TPSA) is 9.86 Å². The molecule has 11 aromatic rings.